The topological polar surface area (TPSA) is 26.3 Å². The van der Waals surface area contributed by atoms with E-state index in [1.807, 2.05) is 27.7 Å². The van der Waals surface area contributed by atoms with Gasteiger partial charge < -0.3 is 4.74 Å². The molecule has 0 aliphatic carbocycles. The third kappa shape index (κ3) is 3.06. The van der Waals surface area contributed by atoms with Crippen molar-refractivity contribution in [2.45, 2.75) is 53.1 Å². The molecule has 80 valence electrons. The zero-order chi connectivity index (χ0) is 11.4. The van der Waals surface area contributed by atoms with Crippen molar-refractivity contribution < 1.29 is 9.53 Å². The minimum Gasteiger partial charge on any atom is -0.446 e. The molecule has 0 spiro atoms. The molecule has 0 amide bonds. The SMILES string of the molecule is C#CC(C)(CC)OC(=O)C(C)(C)CC. The Morgan fingerprint density at radius 1 is 1.29 bits per heavy atom. The van der Waals surface area contributed by atoms with E-state index in [1.54, 1.807) is 6.92 Å². The van der Waals surface area contributed by atoms with Crippen LogP contribution in [0.15, 0.2) is 0 Å². The predicted molar refractivity (Wildman–Crippen MR) is 57.7 cm³/mol. The lowest BCUT2D eigenvalue weighted by molar-refractivity contribution is -0.164. The molecule has 0 aliphatic heterocycles. The Morgan fingerprint density at radius 3 is 2.07 bits per heavy atom. The summed E-state index contributed by atoms with van der Waals surface area (Å²) in [5, 5.41) is 0. The van der Waals surface area contributed by atoms with Gasteiger partial charge in [-0.1, -0.05) is 19.8 Å². The van der Waals surface area contributed by atoms with Crippen molar-refractivity contribution in [3.8, 4) is 12.3 Å². The summed E-state index contributed by atoms with van der Waals surface area (Å²) in [5.41, 5.74) is -1.21. The van der Waals surface area contributed by atoms with Gasteiger partial charge in [-0.15, -0.1) is 6.42 Å². The Hall–Kier alpha value is -0.970. The molecule has 1 unspecified atom stereocenters. The summed E-state index contributed by atoms with van der Waals surface area (Å²) in [4.78, 5) is 11.7. The molecule has 0 radical (unpaired) electrons. The number of rotatable bonds is 4. The molecular formula is C12H20O2. The van der Waals surface area contributed by atoms with Crippen LogP contribution in [0.3, 0.4) is 0 Å². The molecule has 0 bridgehead atoms. The summed E-state index contributed by atoms with van der Waals surface area (Å²) in [6.07, 6.45) is 6.70. The molecule has 0 fully saturated rings. The van der Waals surface area contributed by atoms with Crippen molar-refractivity contribution in [2.75, 3.05) is 0 Å². The van der Waals surface area contributed by atoms with Gasteiger partial charge in [0, 0.05) is 0 Å². The monoisotopic (exact) mass is 196 g/mol. The maximum Gasteiger partial charge on any atom is 0.313 e. The van der Waals surface area contributed by atoms with Gasteiger partial charge in [0.05, 0.1) is 5.41 Å². The highest BCUT2D eigenvalue weighted by Gasteiger charge is 2.33. The third-order valence-corrected chi connectivity index (χ3v) is 2.73. The van der Waals surface area contributed by atoms with Crippen molar-refractivity contribution in [2.24, 2.45) is 5.41 Å². The molecule has 1 atom stereocenters. The van der Waals surface area contributed by atoms with Gasteiger partial charge in [-0.2, -0.15) is 0 Å². The molecule has 0 aromatic rings. The first-order valence-electron chi connectivity index (χ1n) is 5.02. The Labute approximate surface area is 87.0 Å². The van der Waals surface area contributed by atoms with Crippen LogP contribution in [-0.2, 0) is 9.53 Å². The molecule has 0 heterocycles. The van der Waals surface area contributed by atoms with Crippen LogP contribution in [0, 0.1) is 17.8 Å². The maximum absolute atomic E-state index is 11.7. The average Bonchev–Trinajstić information content (AvgIpc) is 2.17. The lowest BCUT2D eigenvalue weighted by Gasteiger charge is -2.28. The fourth-order valence-electron chi connectivity index (χ4n) is 0.691. The fourth-order valence-corrected chi connectivity index (χ4v) is 0.691. The van der Waals surface area contributed by atoms with Crippen LogP contribution < -0.4 is 0 Å². The Morgan fingerprint density at radius 2 is 1.79 bits per heavy atom. The van der Waals surface area contributed by atoms with Crippen molar-refractivity contribution in [1.29, 1.82) is 0 Å². The number of terminal acetylenes is 1. The molecule has 2 nitrogen and oxygen atoms in total. The highest BCUT2D eigenvalue weighted by Crippen LogP contribution is 2.25. The van der Waals surface area contributed by atoms with Gasteiger partial charge in [0.1, 0.15) is 0 Å². The minimum atomic E-state index is -0.760. The van der Waals surface area contributed by atoms with Gasteiger partial charge in [-0.25, -0.2) is 0 Å². The van der Waals surface area contributed by atoms with Crippen LogP contribution in [0.5, 0.6) is 0 Å². The van der Waals surface area contributed by atoms with Crippen molar-refractivity contribution in [1.82, 2.24) is 0 Å². The minimum absolute atomic E-state index is 0.220. The molecule has 2 heteroatoms. The maximum atomic E-state index is 11.7. The summed E-state index contributed by atoms with van der Waals surface area (Å²) in [7, 11) is 0. The van der Waals surface area contributed by atoms with Crippen molar-refractivity contribution in [3.63, 3.8) is 0 Å². The summed E-state index contributed by atoms with van der Waals surface area (Å²) in [6.45, 7) is 9.35. The van der Waals surface area contributed by atoms with Gasteiger partial charge >= 0.3 is 5.97 Å². The first-order chi connectivity index (χ1) is 6.31. The van der Waals surface area contributed by atoms with Gasteiger partial charge in [0.15, 0.2) is 5.60 Å². The first kappa shape index (κ1) is 13.0. The Balaban J connectivity index is 4.56. The van der Waals surface area contributed by atoms with E-state index in [1.165, 1.54) is 0 Å². The van der Waals surface area contributed by atoms with Crippen molar-refractivity contribution in [3.05, 3.63) is 0 Å². The number of hydrogen-bond acceptors (Lipinski definition) is 2. The first-order valence-corrected chi connectivity index (χ1v) is 5.02. The molecule has 0 saturated carbocycles. The highest BCUT2D eigenvalue weighted by molar-refractivity contribution is 5.76. The standard InChI is InChI=1S/C12H20O2/c1-7-11(4,5)10(13)14-12(6,8-2)9-3/h2H,7,9H2,1,3-6H3. The Kier molecular flexibility index (Phi) is 4.19. The van der Waals surface area contributed by atoms with E-state index < -0.39 is 11.0 Å². The van der Waals surface area contributed by atoms with E-state index in [2.05, 4.69) is 5.92 Å². The molecule has 0 saturated heterocycles. The summed E-state index contributed by atoms with van der Waals surface area (Å²) < 4.78 is 5.32. The summed E-state index contributed by atoms with van der Waals surface area (Å²) in [6, 6.07) is 0. The Bertz CT molecular complexity index is 248. The van der Waals surface area contributed by atoms with Crippen LogP contribution in [-0.4, -0.2) is 11.6 Å². The van der Waals surface area contributed by atoms with Crippen LogP contribution in [0.4, 0.5) is 0 Å². The highest BCUT2D eigenvalue weighted by atomic mass is 16.6. The van der Waals surface area contributed by atoms with Gasteiger partial charge in [0.25, 0.3) is 0 Å². The molecule has 0 N–H and O–H groups in total. The van der Waals surface area contributed by atoms with Crippen molar-refractivity contribution >= 4 is 5.97 Å². The largest absolute Gasteiger partial charge is 0.446 e. The third-order valence-electron chi connectivity index (χ3n) is 2.73. The zero-order valence-electron chi connectivity index (χ0n) is 9.81. The number of esters is 1. The number of carbonyl (C=O) groups is 1. The number of carbonyl (C=O) groups excluding carboxylic acids is 1. The molecule has 0 aromatic carbocycles. The van der Waals surface area contributed by atoms with E-state index in [0.717, 1.165) is 6.42 Å². The van der Waals surface area contributed by atoms with E-state index in [9.17, 15) is 4.79 Å². The summed E-state index contributed by atoms with van der Waals surface area (Å²) in [5.74, 6) is 2.29. The normalized spacial score (nSPS) is 15.4. The van der Waals surface area contributed by atoms with E-state index >= 15 is 0 Å². The van der Waals surface area contributed by atoms with Gasteiger partial charge in [0.2, 0.25) is 0 Å². The van der Waals surface area contributed by atoms with Crippen LogP contribution >= 0.6 is 0 Å². The molecular weight excluding hydrogens is 176 g/mol. The van der Waals surface area contributed by atoms with Gasteiger partial charge in [-0.05, 0) is 33.6 Å². The molecule has 0 aliphatic rings. The lowest BCUT2D eigenvalue weighted by Crippen LogP contribution is -2.36. The second-order valence-corrected chi connectivity index (χ2v) is 4.36. The lowest BCUT2D eigenvalue weighted by atomic mass is 9.90. The van der Waals surface area contributed by atoms with Crippen LogP contribution in [0.25, 0.3) is 0 Å². The summed E-state index contributed by atoms with van der Waals surface area (Å²) >= 11 is 0. The second-order valence-electron chi connectivity index (χ2n) is 4.36. The molecule has 14 heavy (non-hydrogen) atoms. The molecule has 0 aromatic heterocycles. The van der Waals surface area contributed by atoms with E-state index in [-0.39, 0.29) is 5.97 Å². The average molecular weight is 196 g/mol. The second kappa shape index (κ2) is 4.50. The zero-order valence-corrected chi connectivity index (χ0v) is 9.81. The number of hydrogen-bond donors (Lipinski definition) is 0. The quantitative estimate of drug-likeness (QED) is 0.510. The van der Waals surface area contributed by atoms with E-state index in [0.29, 0.717) is 6.42 Å². The number of ether oxygens (including phenoxy) is 1. The van der Waals surface area contributed by atoms with Crippen LogP contribution in [0.2, 0.25) is 0 Å². The fraction of sp³-hybridized carbons (Fsp3) is 0.750. The smallest absolute Gasteiger partial charge is 0.313 e. The van der Waals surface area contributed by atoms with E-state index in [4.69, 9.17) is 11.2 Å². The predicted octanol–water partition coefficient (Wildman–Crippen LogP) is 2.77. The van der Waals surface area contributed by atoms with Gasteiger partial charge in [-0.3, -0.25) is 4.79 Å². The molecule has 0 rings (SSSR count). The van der Waals surface area contributed by atoms with Crippen LogP contribution in [0.1, 0.15) is 47.5 Å².